The third-order valence-corrected chi connectivity index (χ3v) is 7.14. The van der Waals surface area contributed by atoms with Crippen molar-refractivity contribution in [2.45, 2.75) is 50.1 Å². The van der Waals surface area contributed by atoms with Crippen LogP contribution in [-0.2, 0) is 14.8 Å². The maximum Gasteiger partial charge on any atom is 0.325 e. The molecule has 0 atom stereocenters. The van der Waals surface area contributed by atoms with Crippen molar-refractivity contribution in [2.24, 2.45) is 0 Å². The average Bonchev–Trinajstić information content (AvgIpc) is 2.85. The standard InChI is InChI=1S/C18H25N3O5S/c1-12(2)21-16(22)18(19-17(21)23)7-9-20(10-8-18)27(24,25)15-11-13(3)5-6-14(15)26-4/h5-6,11-12H,7-10H2,1-4H3,(H,19,23). The molecule has 8 nitrogen and oxygen atoms in total. The predicted molar refractivity (Wildman–Crippen MR) is 99.0 cm³/mol. The van der Waals surface area contributed by atoms with Gasteiger partial charge in [0.25, 0.3) is 5.91 Å². The summed E-state index contributed by atoms with van der Waals surface area (Å²) in [5, 5.41) is 2.79. The monoisotopic (exact) mass is 395 g/mol. The Morgan fingerprint density at radius 2 is 1.81 bits per heavy atom. The topological polar surface area (TPSA) is 96.0 Å². The highest BCUT2D eigenvalue weighted by atomic mass is 32.2. The van der Waals surface area contributed by atoms with Gasteiger partial charge in [0.2, 0.25) is 10.0 Å². The molecule has 1 aromatic rings. The lowest BCUT2D eigenvalue weighted by Crippen LogP contribution is -2.56. The number of amides is 3. The second kappa shape index (κ2) is 6.79. The van der Waals surface area contributed by atoms with Crippen LogP contribution in [0.2, 0.25) is 0 Å². The van der Waals surface area contributed by atoms with E-state index >= 15 is 0 Å². The molecule has 2 heterocycles. The molecule has 0 aromatic heterocycles. The lowest BCUT2D eigenvalue weighted by atomic mass is 9.88. The maximum absolute atomic E-state index is 13.1. The van der Waals surface area contributed by atoms with Crippen LogP contribution in [0.25, 0.3) is 0 Å². The number of carbonyl (C=O) groups is 2. The Kier molecular flexibility index (Phi) is 4.94. The molecule has 3 rings (SSSR count). The van der Waals surface area contributed by atoms with E-state index in [4.69, 9.17) is 4.74 Å². The Balaban J connectivity index is 1.83. The predicted octanol–water partition coefficient (Wildman–Crippen LogP) is 1.49. The first-order valence-electron chi connectivity index (χ1n) is 8.93. The Morgan fingerprint density at radius 1 is 1.19 bits per heavy atom. The van der Waals surface area contributed by atoms with Gasteiger partial charge in [-0.1, -0.05) is 6.07 Å². The summed E-state index contributed by atoms with van der Waals surface area (Å²) >= 11 is 0. The number of nitrogens with one attached hydrogen (secondary N) is 1. The van der Waals surface area contributed by atoms with Gasteiger partial charge in [-0.3, -0.25) is 9.69 Å². The number of rotatable bonds is 4. The van der Waals surface area contributed by atoms with Crippen LogP contribution in [0, 0.1) is 6.92 Å². The highest BCUT2D eigenvalue weighted by Crippen LogP contribution is 2.34. The molecule has 1 aromatic carbocycles. The third kappa shape index (κ3) is 3.19. The first-order chi connectivity index (χ1) is 12.6. The third-order valence-electron chi connectivity index (χ3n) is 5.22. The van der Waals surface area contributed by atoms with Gasteiger partial charge in [-0.2, -0.15) is 4.31 Å². The molecule has 2 fully saturated rings. The molecule has 2 aliphatic rings. The van der Waals surface area contributed by atoms with Gasteiger partial charge in [0.1, 0.15) is 16.2 Å². The molecule has 3 amide bonds. The zero-order valence-corrected chi connectivity index (χ0v) is 16.8. The molecule has 0 unspecified atom stereocenters. The van der Waals surface area contributed by atoms with Crippen molar-refractivity contribution in [3.63, 3.8) is 0 Å². The van der Waals surface area contributed by atoms with Gasteiger partial charge >= 0.3 is 6.03 Å². The van der Waals surface area contributed by atoms with E-state index in [1.54, 1.807) is 32.0 Å². The van der Waals surface area contributed by atoms with Crippen molar-refractivity contribution in [1.82, 2.24) is 14.5 Å². The number of carbonyl (C=O) groups excluding carboxylic acids is 2. The van der Waals surface area contributed by atoms with Crippen LogP contribution in [0.1, 0.15) is 32.3 Å². The van der Waals surface area contributed by atoms with E-state index in [-0.39, 0.29) is 48.5 Å². The zero-order valence-electron chi connectivity index (χ0n) is 16.0. The molecule has 0 aliphatic carbocycles. The van der Waals surface area contributed by atoms with Crippen molar-refractivity contribution in [3.05, 3.63) is 23.8 Å². The van der Waals surface area contributed by atoms with Gasteiger partial charge < -0.3 is 10.1 Å². The number of sulfonamides is 1. The van der Waals surface area contributed by atoms with Crippen molar-refractivity contribution in [3.8, 4) is 5.75 Å². The molecule has 148 valence electrons. The number of hydrogen-bond acceptors (Lipinski definition) is 5. The number of benzene rings is 1. The van der Waals surface area contributed by atoms with E-state index in [9.17, 15) is 18.0 Å². The van der Waals surface area contributed by atoms with E-state index < -0.39 is 21.6 Å². The van der Waals surface area contributed by atoms with E-state index in [2.05, 4.69) is 5.32 Å². The van der Waals surface area contributed by atoms with E-state index in [0.717, 1.165) is 5.56 Å². The lowest BCUT2D eigenvalue weighted by molar-refractivity contribution is -0.133. The molecule has 2 aliphatic heterocycles. The fourth-order valence-corrected chi connectivity index (χ4v) is 5.36. The van der Waals surface area contributed by atoms with Gasteiger partial charge in [-0.05, 0) is 51.3 Å². The number of urea groups is 1. The van der Waals surface area contributed by atoms with Gasteiger partial charge in [0.15, 0.2) is 0 Å². The molecule has 27 heavy (non-hydrogen) atoms. The molecule has 0 radical (unpaired) electrons. The van der Waals surface area contributed by atoms with Crippen molar-refractivity contribution in [1.29, 1.82) is 0 Å². The minimum absolute atomic E-state index is 0.117. The maximum atomic E-state index is 13.1. The van der Waals surface area contributed by atoms with Crippen molar-refractivity contribution >= 4 is 22.0 Å². The number of methoxy groups -OCH3 is 1. The highest BCUT2D eigenvalue weighted by Gasteiger charge is 2.54. The average molecular weight is 395 g/mol. The smallest absolute Gasteiger partial charge is 0.325 e. The van der Waals surface area contributed by atoms with E-state index in [1.807, 2.05) is 6.92 Å². The fraction of sp³-hybridized carbons (Fsp3) is 0.556. The zero-order chi connectivity index (χ0) is 20.0. The SMILES string of the molecule is COc1ccc(C)cc1S(=O)(=O)N1CCC2(CC1)NC(=O)N(C(C)C)C2=O. The summed E-state index contributed by atoms with van der Waals surface area (Å²) in [7, 11) is -2.33. The summed E-state index contributed by atoms with van der Waals surface area (Å²) in [5.74, 6) is 0.0183. The van der Waals surface area contributed by atoms with Crippen LogP contribution in [0.4, 0.5) is 4.79 Å². The number of nitrogens with zero attached hydrogens (tertiary/aromatic N) is 2. The normalized spacial score (nSPS) is 20.4. The quantitative estimate of drug-likeness (QED) is 0.779. The highest BCUT2D eigenvalue weighted by molar-refractivity contribution is 7.89. The van der Waals surface area contributed by atoms with Crippen LogP contribution in [0.5, 0.6) is 5.75 Å². The largest absolute Gasteiger partial charge is 0.495 e. The second-order valence-electron chi connectivity index (χ2n) is 7.34. The summed E-state index contributed by atoms with van der Waals surface area (Å²) in [6.45, 7) is 5.67. The Hall–Kier alpha value is -2.13. The Bertz CT molecular complexity index is 873. The number of ether oxygens (including phenoxy) is 1. The molecule has 2 saturated heterocycles. The first-order valence-corrected chi connectivity index (χ1v) is 10.4. The van der Waals surface area contributed by atoms with Gasteiger partial charge in [-0.25, -0.2) is 13.2 Å². The second-order valence-corrected chi connectivity index (χ2v) is 9.25. The summed E-state index contributed by atoms with van der Waals surface area (Å²) in [5.41, 5.74) is -0.196. The summed E-state index contributed by atoms with van der Waals surface area (Å²) in [6.07, 6.45) is 0.488. The molecule has 1 N–H and O–H groups in total. The molecule has 1 spiro atoms. The molecular weight excluding hydrogens is 370 g/mol. The number of imide groups is 1. The van der Waals surface area contributed by atoms with Crippen LogP contribution in [-0.4, -0.2) is 61.3 Å². The Labute approximate surface area is 159 Å². The van der Waals surface area contributed by atoms with Crippen LogP contribution >= 0.6 is 0 Å². The van der Waals surface area contributed by atoms with Gasteiger partial charge in [0, 0.05) is 19.1 Å². The lowest BCUT2D eigenvalue weighted by Gasteiger charge is -2.36. The molecular formula is C18H25N3O5S. The van der Waals surface area contributed by atoms with Crippen molar-refractivity contribution < 1.29 is 22.7 Å². The van der Waals surface area contributed by atoms with Crippen molar-refractivity contribution in [2.75, 3.05) is 20.2 Å². The minimum atomic E-state index is -3.76. The first kappa shape index (κ1) is 19.6. The van der Waals surface area contributed by atoms with Gasteiger partial charge in [0.05, 0.1) is 7.11 Å². The summed E-state index contributed by atoms with van der Waals surface area (Å²) in [4.78, 5) is 26.3. The number of hydrogen-bond donors (Lipinski definition) is 1. The van der Waals surface area contributed by atoms with Gasteiger partial charge in [-0.15, -0.1) is 0 Å². The fourth-order valence-electron chi connectivity index (χ4n) is 3.68. The molecule has 9 heteroatoms. The van der Waals surface area contributed by atoms with E-state index in [1.165, 1.54) is 16.3 Å². The molecule has 0 saturated carbocycles. The number of aryl methyl sites for hydroxylation is 1. The van der Waals surface area contributed by atoms with E-state index in [0.29, 0.717) is 0 Å². The summed E-state index contributed by atoms with van der Waals surface area (Å²) in [6, 6.07) is 4.36. The Morgan fingerprint density at radius 3 is 2.33 bits per heavy atom. The molecule has 0 bridgehead atoms. The number of piperidine rings is 1. The van der Waals surface area contributed by atoms with Crippen LogP contribution < -0.4 is 10.1 Å². The summed E-state index contributed by atoms with van der Waals surface area (Å²) < 4.78 is 32.8. The minimum Gasteiger partial charge on any atom is -0.495 e. The van der Waals surface area contributed by atoms with Crippen LogP contribution in [0.3, 0.4) is 0 Å². The van der Waals surface area contributed by atoms with Crippen LogP contribution in [0.15, 0.2) is 23.1 Å².